The highest BCUT2D eigenvalue weighted by Crippen LogP contribution is 2.44. The second-order valence-electron chi connectivity index (χ2n) is 11.4. The van der Waals surface area contributed by atoms with Gasteiger partial charge in [0.2, 0.25) is 0 Å². The van der Waals surface area contributed by atoms with Crippen molar-refractivity contribution in [1.29, 1.82) is 0 Å². The second kappa shape index (κ2) is 9.36. The average molecular weight is 594 g/mol. The van der Waals surface area contributed by atoms with E-state index in [-0.39, 0.29) is 0 Å². The number of aromatic nitrogens is 3. The molecule has 0 aliphatic heterocycles. The van der Waals surface area contributed by atoms with Crippen molar-refractivity contribution in [3.63, 3.8) is 0 Å². The van der Waals surface area contributed by atoms with E-state index in [4.69, 9.17) is 14.4 Å². The fourth-order valence-corrected chi connectivity index (χ4v) is 7.96. The van der Waals surface area contributed by atoms with Gasteiger partial charge in [0.1, 0.15) is 16.8 Å². The van der Waals surface area contributed by atoms with Crippen molar-refractivity contribution >= 4 is 75.4 Å². The number of furan rings is 1. The molecule has 0 fully saturated rings. The number of thiophene rings is 1. The third kappa shape index (κ3) is 3.59. The van der Waals surface area contributed by atoms with Gasteiger partial charge in [-0.1, -0.05) is 91.0 Å². The predicted molar refractivity (Wildman–Crippen MR) is 187 cm³/mol. The van der Waals surface area contributed by atoms with Crippen molar-refractivity contribution in [2.75, 3.05) is 0 Å². The number of benzene rings is 6. The molecular weight excluding hydrogens is 571 g/mol. The topological polar surface area (TPSA) is 43.9 Å². The second-order valence-corrected chi connectivity index (χ2v) is 12.5. The molecule has 0 saturated carbocycles. The van der Waals surface area contributed by atoms with Gasteiger partial charge in [0.25, 0.3) is 0 Å². The lowest BCUT2D eigenvalue weighted by Crippen LogP contribution is -1.97. The Morgan fingerprint density at radius 3 is 2.20 bits per heavy atom. The molecule has 0 amide bonds. The Balaban J connectivity index is 1.26. The molecule has 10 aromatic rings. The molecule has 5 heteroatoms. The van der Waals surface area contributed by atoms with Crippen LogP contribution in [0.15, 0.2) is 144 Å². The molecule has 45 heavy (non-hydrogen) atoms. The van der Waals surface area contributed by atoms with Crippen LogP contribution in [-0.2, 0) is 0 Å². The van der Waals surface area contributed by atoms with Gasteiger partial charge in [0.15, 0.2) is 11.4 Å². The van der Waals surface area contributed by atoms with E-state index in [9.17, 15) is 0 Å². The number of para-hydroxylation sites is 2. The number of rotatable bonds is 3. The summed E-state index contributed by atoms with van der Waals surface area (Å²) in [5, 5.41) is 6.16. The van der Waals surface area contributed by atoms with Crippen molar-refractivity contribution < 1.29 is 4.42 Å². The summed E-state index contributed by atoms with van der Waals surface area (Å²) >= 11 is 1.86. The van der Waals surface area contributed by atoms with Gasteiger partial charge in [-0.2, -0.15) is 0 Å². The predicted octanol–water partition coefficient (Wildman–Crippen LogP) is 11.2. The smallest absolute Gasteiger partial charge is 0.180 e. The standard InChI is InChI=1S/C40H23N3OS/c1-2-11-24(12-3-1)40-41-37(39-38(42-40)28-16-5-8-19-32(28)44-39)25-13-10-14-26(23-25)43-30-18-7-4-15-27(30)35-31(43)21-22-34-36(35)29-17-6-9-20-33(29)45-34/h1-23H. The van der Waals surface area contributed by atoms with Crippen molar-refractivity contribution in [1.82, 2.24) is 14.5 Å². The van der Waals surface area contributed by atoms with Crippen molar-refractivity contribution in [2.24, 2.45) is 0 Å². The first-order chi connectivity index (χ1) is 22.3. The average Bonchev–Trinajstić information content (AvgIpc) is 3.77. The monoisotopic (exact) mass is 593 g/mol. The van der Waals surface area contributed by atoms with Gasteiger partial charge in [-0.05, 0) is 48.5 Å². The Bertz CT molecular complexity index is 2770. The molecule has 6 aromatic carbocycles. The first kappa shape index (κ1) is 24.6. The zero-order valence-electron chi connectivity index (χ0n) is 23.9. The van der Waals surface area contributed by atoms with Crippen LogP contribution in [0.1, 0.15) is 0 Å². The van der Waals surface area contributed by atoms with Crippen LogP contribution in [0.4, 0.5) is 0 Å². The molecule has 0 aliphatic rings. The largest absolute Gasteiger partial charge is 0.452 e. The van der Waals surface area contributed by atoms with Crippen molar-refractivity contribution in [3.8, 4) is 28.3 Å². The maximum atomic E-state index is 6.45. The molecule has 0 unspecified atom stereocenters. The van der Waals surface area contributed by atoms with E-state index in [0.717, 1.165) is 39.0 Å². The fourth-order valence-electron chi connectivity index (χ4n) is 6.85. The highest BCUT2D eigenvalue weighted by Gasteiger charge is 2.20. The lowest BCUT2D eigenvalue weighted by atomic mass is 10.1. The zero-order chi connectivity index (χ0) is 29.5. The molecule has 4 aromatic heterocycles. The molecular formula is C40H23N3OS. The SMILES string of the molecule is c1ccc(-c2nc(-c3cccc(-n4c5ccccc5c5c6c(ccc54)sc4ccccc46)c3)c3oc4ccccc4c3n2)cc1. The number of hydrogen-bond acceptors (Lipinski definition) is 4. The number of fused-ring (bicyclic) bond motifs is 10. The first-order valence-electron chi connectivity index (χ1n) is 15.0. The van der Waals surface area contributed by atoms with Crippen LogP contribution in [0.2, 0.25) is 0 Å². The summed E-state index contributed by atoms with van der Waals surface area (Å²) < 4.78 is 11.5. The van der Waals surface area contributed by atoms with E-state index >= 15 is 0 Å². The molecule has 0 saturated heterocycles. The summed E-state index contributed by atoms with van der Waals surface area (Å²) in [5.41, 5.74) is 8.48. The van der Waals surface area contributed by atoms with Crippen LogP contribution in [0.25, 0.3) is 92.4 Å². The highest BCUT2D eigenvalue weighted by atomic mass is 32.1. The van der Waals surface area contributed by atoms with Gasteiger partial charge in [-0.15, -0.1) is 11.3 Å². The van der Waals surface area contributed by atoms with E-state index in [1.165, 1.54) is 42.0 Å². The van der Waals surface area contributed by atoms with E-state index in [2.05, 4.69) is 108 Å². The van der Waals surface area contributed by atoms with E-state index < -0.39 is 0 Å². The molecule has 0 aliphatic carbocycles. The lowest BCUT2D eigenvalue weighted by molar-refractivity contribution is 0.667. The summed E-state index contributed by atoms with van der Waals surface area (Å²) in [6.07, 6.45) is 0. The fraction of sp³-hybridized carbons (Fsp3) is 0. The third-order valence-corrected chi connectivity index (χ3v) is 9.94. The van der Waals surface area contributed by atoms with Crippen LogP contribution in [0.5, 0.6) is 0 Å². The Morgan fingerprint density at radius 2 is 1.29 bits per heavy atom. The van der Waals surface area contributed by atoms with Crippen molar-refractivity contribution in [2.45, 2.75) is 0 Å². The summed E-state index contributed by atoms with van der Waals surface area (Å²) in [6.45, 7) is 0. The minimum atomic E-state index is 0.679. The maximum Gasteiger partial charge on any atom is 0.180 e. The Hall–Kier alpha value is -5.78. The van der Waals surface area contributed by atoms with E-state index in [1.54, 1.807) is 0 Å². The molecule has 210 valence electrons. The van der Waals surface area contributed by atoms with Crippen LogP contribution < -0.4 is 0 Å². The molecule has 0 radical (unpaired) electrons. The molecule has 10 rings (SSSR count). The van der Waals surface area contributed by atoms with Crippen LogP contribution in [-0.4, -0.2) is 14.5 Å². The van der Waals surface area contributed by atoms with Gasteiger partial charge < -0.3 is 8.98 Å². The molecule has 0 N–H and O–H groups in total. The maximum absolute atomic E-state index is 6.45. The zero-order valence-corrected chi connectivity index (χ0v) is 24.8. The molecule has 0 atom stereocenters. The highest BCUT2D eigenvalue weighted by molar-refractivity contribution is 7.26. The van der Waals surface area contributed by atoms with E-state index in [0.29, 0.717) is 11.4 Å². The molecule has 0 spiro atoms. The number of hydrogen-bond donors (Lipinski definition) is 0. The van der Waals surface area contributed by atoms with Crippen LogP contribution in [0.3, 0.4) is 0 Å². The van der Waals surface area contributed by atoms with Gasteiger partial charge in [-0.3, -0.25) is 0 Å². The summed E-state index contributed by atoms with van der Waals surface area (Å²) in [6, 6.07) is 48.9. The lowest BCUT2D eigenvalue weighted by Gasteiger charge is -2.11. The number of nitrogens with zero attached hydrogens (tertiary/aromatic N) is 3. The third-order valence-electron chi connectivity index (χ3n) is 8.81. The quantitative estimate of drug-likeness (QED) is 0.205. The normalized spacial score (nSPS) is 12.0. The van der Waals surface area contributed by atoms with Gasteiger partial charge in [0.05, 0.1) is 11.0 Å². The molecule has 0 bridgehead atoms. The van der Waals surface area contributed by atoms with Gasteiger partial charge in [-0.25, -0.2) is 9.97 Å². The van der Waals surface area contributed by atoms with Crippen LogP contribution >= 0.6 is 11.3 Å². The summed E-state index contributed by atoms with van der Waals surface area (Å²) in [5.74, 6) is 0.679. The molecule has 4 heterocycles. The minimum Gasteiger partial charge on any atom is -0.452 e. The molecule has 4 nitrogen and oxygen atoms in total. The van der Waals surface area contributed by atoms with E-state index in [1.807, 2.05) is 47.7 Å². The Kier molecular flexibility index (Phi) is 5.12. The minimum absolute atomic E-state index is 0.679. The Morgan fingerprint density at radius 1 is 0.533 bits per heavy atom. The van der Waals surface area contributed by atoms with Gasteiger partial charge in [0, 0.05) is 53.1 Å². The first-order valence-corrected chi connectivity index (χ1v) is 15.8. The summed E-state index contributed by atoms with van der Waals surface area (Å²) in [4.78, 5) is 10.2. The Labute approximate surface area is 261 Å². The summed E-state index contributed by atoms with van der Waals surface area (Å²) in [7, 11) is 0. The van der Waals surface area contributed by atoms with Crippen LogP contribution in [0, 0.1) is 0 Å². The van der Waals surface area contributed by atoms with Gasteiger partial charge >= 0.3 is 0 Å². The van der Waals surface area contributed by atoms with Crippen molar-refractivity contribution in [3.05, 3.63) is 140 Å².